The van der Waals surface area contributed by atoms with Crippen LogP contribution in [0.4, 0.5) is 5.00 Å². The molecule has 0 aliphatic heterocycles. The number of halogens is 1. The van der Waals surface area contributed by atoms with Crippen molar-refractivity contribution in [2.75, 3.05) is 6.61 Å². The normalized spacial score (nSPS) is 16.4. The number of terminal acetylenes is 1. The fourth-order valence-electron chi connectivity index (χ4n) is 3.52. The second-order valence-electron chi connectivity index (χ2n) is 8.03. The summed E-state index contributed by atoms with van der Waals surface area (Å²) in [6.45, 7) is 7.09. The van der Waals surface area contributed by atoms with Crippen molar-refractivity contribution >= 4 is 38.5 Å². The molecular weight excluding hydrogens is 432 g/mol. The van der Waals surface area contributed by atoms with Gasteiger partial charge in [-0.1, -0.05) is 42.6 Å². The molecule has 0 N–H and O–H groups in total. The number of nitriles is 1. The third kappa shape index (κ3) is 4.49. The number of fused-ring (bicyclic) bond motifs is 1. The maximum Gasteiger partial charge on any atom is 0.148 e. The molecule has 0 saturated carbocycles. The van der Waals surface area contributed by atoms with Crippen molar-refractivity contribution in [3.63, 3.8) is 0 Å². The first kappa shape index (κ1) is 20.6. The molecule has 2 aromatic rings. The topological polar surface area (TPSA) is 45.4 Å². The van der Waals surface area contributed by atoms with Crippen LogP contribution < -0.4 is 4.74 Å². The zero-order chi connectivity index (χ0) is 20.3. The van der Waals surface area contributed by atoms with Crippen LogP contribution in [0.2, 0.25) is 0 Å². The standard InChI is InChI=1S/C23H23BrN2OS/c1-5-10-27-20-9-7-17(24)11-15(20)14-26-22-19(13-25)18-8-6-16(23(2,3)4)12-21(18)28-22/h1,7,9,11,14,16H,6,8,10,12H2,2-4H3/t16-/m0/s1. The zero-order valence-electron chi connectivity index (χ0n) is 16.4. The molecule has 1 aliphatic rings. The monoisotopic (exact) mass is 454 g/mol. The first-order valence-corrected chi connectivity index (χ1v) is 10.9. The summed E-state index contributed by atoms with van der Waals surface area (Å²) in [5, 5.41) is 10.5. The maximum atomic E-state index is 9.73. The average Bonchev–Trinajstić information content (AvgIpc) is 3.01. The molecule has 1 atom stereocenters. The minimum Gasteiger partial charge on any atom is -0.480 e. The first-order valence-electron chi connectivity index (χ1n) is 9.28. The van der Waals surface area contributed by atoms with Gasteiger partial charge in [-0.3, -0.25) is 0 Å². The number of nitrogens with zero attached hydrogens (tertiary/aromatic N) is 2. The van der Waals surface area contributed by atoms with Crippen LogP contribution in [0.1, 0.15) is 48.8 Å². The van der Waals surface area contributed by atoms with E-state index in [0.29, 0.717) is 11.7 Å². The Labute approximate surface area is 179 Å². The Balaban J connectivity index is 1.92. The van der Waals surface area contributed by atoms with Crippen LogP contribution in [0.25, 0.3) is 0 Å². The van der Waals surface area contributed by atoms with E-state index in [-0.39, 0.29) is 12.0 Å². The van der Waals surface area contributed by atoms with Gasteiger partial charge in [0, 0.05) is 21.1 Å². The van der Waals surface area contributed by atoms with Crippen molar-refractivity contribution in [1.29, 1.82) is 5.26 Å². The second-order valence-corrected chi connectivity index (χ2v) is 10.0. The predicted molar refractivity (Wildman–Crippen MR) is 120 cm³/mol. The maximum absolute atomic E-state index is 9.73. The smallest absolute Gasteiger partial charge is 0.148 e. The van der Waals surface area contributed by atoms with Crippen LogP contribution >= 0.6 is 27.3 Å². The Morgan fingerprint density at radius 2 is 2.21 bits per heavy atom. The Morgan fingerprint density at radius 3 is 2.89 bits per heavy atom. The second kappa shape index (κ2) is 8.52. The molecule has 3 rings (SSSR count). The number of hydrogen-bond donors (Lipinski definition) is 0. The number of benzene rings is 1. The van der Waals surface area contributed by atoms with Crippen molar-refractivity contribution in [2.45, 2.75) is 40.0 Å². The lowest BCUT2D eigenvalue weighted by molar-refractivity contribution is 0.218. The SMILES string of the molecule is C#CCOc1ccc(Br)cc1C=Nc1sc2c(c1C#N)CC[C@H](C(C)(C)C)C2. The molecular formula is C23H23BrN2OS. The highest BCUT2D eigenvalue weighted by molar-refractivity contribution is 9.10. The van der Waals surface area contributed by atoms with E-state index in [1.807, 2.05) is 18.2 Å². The number of aliphatic imine (C=N–C) groups is 1. The Bertz CT molecular complexity index is 986. The van der Waals surface area contributed by atoms with Crippen molar-refractivity contribution in [3.05, 3.63) is 44.2 Å². The van der Waals surface area contributed by atoms with Crippen molar-refractivity contribution in [3.8, 4) is 24.2 Å². The molecule has 0 spiro atoms. The molecule has 144 valence electrons. The summed E-state index contributed by atoms with van der Waals surface area (Å²) < 4.78 is 6.54. The third-order valence-corrected chi connectivity index (χ3v) is 6.84. The summed E-state index contributed by atoms with van der Waals surface area (Å²) >= 11 is 5.13. The summed E-state index contributed by atoms with van der Waals surface area (Å²) in [7, 11) is 0. The fraction of sp³-hybridized carbons (Fsp3) is 0.391. The molecule has 1 heterocycles. The van der Waals surface area contributed by atoms with Crippen LogP contribution in [0, 0.1) is 35.0 Å². The van der Waals surface area contributed by atoms with Crippen molar-refractivity contribution in [2.24, 2.45) is 16.3 Å². The summed E-state index contributed by atoms with van der Waals surface area (Å²) in [5.74, 6) is 3.79. The molecule has 28 heavy (non-hydrogen) atoms. The van der Waals surface area contributed by atoms with E-state index < -0.39 is 0 Å². The van der Waals surface area contributed by atoms with Crippen LogP contribution in [0.15, 0.2) is 27.7 Å². The summed E-state index contributed by atoms with van der Waals surface area (Å²) in [6.07, 6.45) is 10.2. The highest BCUT2D eigenvalue weighted by Gasteiger charge is 2.32. The molecule has 1 aliphatic carbocycles. The predicted octanol–water partition coefficient (Wildman–Crippen LogP) is 6.30. The van der Waals surface area contributed by atoms with E-state index in [1.165, 1.54) is 10.4 Å². The van der Waals surface area contributed by atoms with Gasteiger partial charge in [0.1, 0.15) is 23.4 Å². The lowest BCUT2D eigenvalue weighted by Crippen LogP contribution is -2.26. The van der Waals surface area contributed by atoms with Gasteiger partial charge in [-0.25, -0.2) is 4.99 Å². The number of rotatable bonds is 4. The third-order valence-electron chi connectivity index (χ3n) is 5.19. The van der Waals surface area contributed by atoms with Gasteiger partial charge in [-0.2, -0.15) is 5.26 Å². The van der Waals surface area contributed by atoms with E-state index in [2.05, 4.69) is 53.7 Å². The Kier molecular flexibility index (Phi) is 6.28. The molecule has 1 aromatic carbocycles. The Morgan fingerprint density at radius 1 is 1.43 bits per heavy atom. The highest BCUT2D eigenvalue weighted by atomic mass is 79.9. The van der Waals surface area contributed by atoms with Gasteiger partial charge >= 0.3 is 0 Å². The first-order chi connectivity index (χ1) is 13.3. The quantitative estimate of drug-likeness (QED) is 0.402. The van der Waals surface area contributed by atoms with E-state index in [4.69, 9.17) is 11.2 Å². The summed E-state index contributed by atoms with van der Waals surface area (Å²) in [6, 6.07) is 8.08. The molecule has 0 unspecified atom stereocenters. The molecule has 0 bridgehead atoms. The lowest BCUT2D eigenvalue weighted by atomic mass is 9.72. The van der Waals surface area contributed by atoms with Crippen LogP contribution in [-0.4, -0.2) is 12.8 Å². The molecule has 1 aromatic heterocycles. The highest BCUT2D eigenvalue weighted by Crippen LogP contribution is 2.44. The summed E-state index contributed by atoms with van der Waals surface area (Å²) in [5.41, 5.74) is 3.02. The van der Waals surface area contributed by atoms with Gasteiger partial charge in [-0.15, -0.1) is 17.8 Å². The van der Waals surface area contributed by atoms with E-state index in [1.54, 1.807) is 17.6 Å². The van der Waals surface area contributed by atoms with Crippen LogP contribution in [0.3, 0.4) is 0 Å². The molecule has 0 radical (unpaired) electrons. The van der Waals surface area contributed by atoms with Crippen molar-refractivity contribution in [1.82, 2.24) is 0 Å². The molecule has 0 amide bonds. The van der Waals surface area contributed by atoms with Crippen LogP contribution in [-0.2, 0) is 12.8 Å². The van der Waals surface area contributed by atoms with Gasteiger partial charge < -0.3 is 4.74 Å². The molecule has 0 saturated heterocycles. The van der Waals surface area contributed by atoms with E-state index in [0.717, 1.165) is 39.9 Å². The largest absolute Gasteiger partial charge is 0.480 e. The number of ether oxygens (including phenoxy) is 1. The molecule has 3 nitrogen and oxygen atoms in total. The van der Waals surface area contributed by atoms with E-state index >= 15 is 0 Å². The van der Waals surface area contributed by atoms with Gasteiger partial charge in [0.15, 0.2) is 0 Å². The number of hydrogen-bond acceptors (Lipinski definition) is 4. The molecule has 5 heteroatoms. The zero-order valence-corrected chi connectivity index (χ0v) is 18.8. The minimum atomic E-state index is 0.202. The number of thiophene rings is 1. The van der Waals surface area contributed by atoms with Crippen LogP contribution in [0.5, 0.6) is 5.75 Å². The van der Waals surface area contributed by atoms with Gasteiger partial charge in [-0.05, 0) is 54.4 Å². The van der Waals surface area contributed by atoms with Gasteiger partial charge in [0.25, 0.3) is 0 Å². The molecule has 0 fully saturated rings. The van der Waals surface area contributed by atoms with Crippen molar-refractivity contribution < 1.29 is 4.74 Å². The average molecular weight is 455 g/mol. The Hall–Kier alpha value is -2.08. The minimum absolute atomic E-state index is 0.202. The van der Waals surface area contributed by atoms with E-state index in [9.17, 15) is 5.26 Å². The summed E-state index contributed by atoms with van der Waals surface area (Å²) in [4.78, 5) is 5.98. The van der Waals surface area contributed by atoms with Gasteiger partial charge in [0.2, 0.25) is 0 Å². The fourth-order valence-corrected chi connectivity index (χ4v) is 5.12. The van der Waals surface area contributed by atoms with Gasteiger partial charge in [0.05, 0.1) is 5.56 Å². The lowest BCUT2D eigenvalue weighted by Gasteiger charge is -2.33.